The van der Waals surface area contributed by atoms with Crippen LogP contribution >= 0.6 is 0 Å². The van der Waals surface area contributed by atoms with E-state index in [-0.39, 0.29) is 0 Å². The molecule has 0 aliphatic carbocycles. The molecule has 0 radical (unpaired) electrons. The number of nitrogens with zero attached hydrogens (tertiary/aromatic N) is 1. The molecule has 0 saturated heterocycles. The number of aromatic amines is 1. The van der Waals surface area contributed by atoms with Gasteiger partial charge in [-0.15, -0.1) is 0 Å². The van der Waals surface area contributed by atoms with Gasteiger partial charge in [0, 0.05) is 5.56 Å². The van der Waals surface area contributed by atoms with Crippen LogP contribution in [0.5, 0.6) is 5.75 Å². The Bertz CT molecular complexity index is 517. The second kappa shape index (κ2) is 4.18. The molecule has 2 rings (SSSR count). The Kier molecular flexibility index (Phi) is 2.72. The predicted octanol–water partition coefficient (Wildman–Crippen LogP) is 2.21. The Labute approximate surface area is 93.3 Å². The number of carbonyl (C=O) groups excluding carboxylic acids is 1. The molecule has 16 heavy (non-hydrogen) atoms. The molecule has 0 aliphatic heterocycles. The van der Waals surface area contributed by atoms with Gasteiger partial charge in [-0.3, -0.25) is 4.79 Å². The lowest BCUT2D eigenvalue weighted by molar-refractivity contribution is 0.112. The number of rotatable bonds is 3. The topological polar surface area (TPSA) is 55.0 Å². The lowest BCUT2D eigenvalue weighted by Crippen LogP contribution is -1.90. The summed E-state index contributed by atoms with van der Waals surface area (Å²) >= 11 is 0. The number of imidazole rings is 1. The first-order valence-electron chi connectivity index (χ1n) is 4.90. The molecule has 0 fully saturated rings. The molecule has 0 saturated carbocycles. The fraction of sp³-hybridized carbons (Fsp3) is 0.167. The summed E-state index contributed by atoms with van der Waals surface area (Å²) in [5.74, 6) is 0.826. The molecule has 1 N–H and O–H groups in total. The SMILES string of the molecule is COc1ccc(-c2nc[nH]c2C=O)cc1C. The lowest BCUT2D eigenvalue weighted by atomic mass is 10.1. The van der Waals surface area contributed by atoms with Crippen LogP contribution in [-0.4, -0.2) is 23.4 Å². The molecule has 0 spiro atoms. The van der Waals surface area contributed by atoms with E-state index >= 15 is 0 Å². The molecule has 0 atom stereocenters. The van der Waals surface area contributed by atoms with Crippen molar-refractivity contribution in [2.75, 3.05) is 7.11 Å². The molecule has 0 amide bonds. The summed E-state index contributed by atoms with van der Waals surface area (Å²) in [7, 11) is 1.63. The van der Waals surface area contributed by atoms with Crippen LogP contribution in [0.3, 0.4) is 0 Å². The normalized spacial score (nSPS) is 10.1. The van der Waals surface area contributed by atoms with Crippen molar-refractivity contribution in [2.45, 2.75) is 6.92 Å². The zero-order valence-corrected chi connectivity index (χ0v) is 9.15. The molecule has 4 nitrogen and oxygen atoms in total. The van der Waals surface area contributed by atoms with Crippen LogP contribution in [0.25, 0.3) is 11.3 Å². The molecule has 4 heteroatoms. The van der Waals surface area contributed by atoms with Crippen molar-refractivity contribution < 1.29 is 9.53 Å². The van der Waals surface area contributed by atoms with Gasteiger partial charge in [-0.05, 0) is 30.7 Å². The number of benzene rings is 1. The van der Waals surface area contributed by atoms with Crippen molar-refractivity contribution in [3.8, 4) is 17.0 Å². The standard InChI is InChI=1S/C12H12N2O2/c1-8-5-9(3-4-11(8)16-2)12-10(6-15)13-7-14-12/h3-7H,1-2H3,(H,13,14). The molecule has 1 aromatic heterocycles. The number of aryl methyl sites for hydroxylation is 1. The number of hydrogen-bond donors (Lipinski definition) is 1. The second-order valence-corrected chi connectivity index (χ2v) is 3.47. The van der Waals surface area contributed by atoms with E-state index in [4.69, 9.17) is 4.74 Å². The van der Waals surface area contributed by atoms with Gasteiger partial charge in [-0.2, -0.15) is 0 Å². The highest BCUT2D eigenvalue weighted by atomic mass is 16.5. The molecule has 0 unspecified atom stereocenters. The molecule has 1 heterocycles. The van der Waals surface area contributed by atoms with Crippen LogP contribution in [0.2, 0.25) is 0 Å². The van der Waals surface area contributed by atoms with Gasteiger partial charge in [0.05, 0.1) is 19.1 Å². The number of methoxy groups -OCH3 is 1. The number of hydrogen-bond acceptors (Lipinski definition) is 3. The van der Waals surface area contributed by atoms with Gasteiger partial charge < -0.3 is 9.72 Å². The molecule has 2 aromatic rings. The number of ether oxygens (including phenoxy) is 1. The van der Waals surface area contributed by atoms with Gasteiger partial charge >= 0.3 is 0 Å². The molecular formula is C12H12N2O2. The average molecular weight is 216 g/mol. The fourth-order valence-corrected chi connectivity index (χ4v) is 1.65. The van der Waals surface area contributed by atoms with Gasteiger partial charge in [-0.1, -0.05) is 0 Å². The van der Waals surface area contributed by atoms with Gasteiger partial charge in [0.25, 0.3) is 0 Å². The quantitative estimate of drug-likeness (QED) is 0.800. The van der Waals surface area contributed by atoms with E-state index in [9.17, 15) is 4.79 Å². The van der Waals surface area contributed by atoms with Gasteiger partial charge in [0.15, 0.2) is 6.29 Å². The number of carbonyl (C=O) groups is 1. The highest BCUT2D eigenvalue weighted by Gasteiger charge is 2.08. The monoisotopic (exact) mass is 216 g/mol. The zero-order chi connectivity index (χ0) is 11.5. The molecule has 82 valence electrons. The number of aromatic nitrogens is 2. The minimum atomic E-state index is 0.490. The Morgan fingerprint density at radius 3 is 2.88 bits per heavy atom. The molecule has 0 bridgehead atoms. The predicted molar refractivity (Wildman–Crippen MR) is 60.7 cm³/mol. The van der Waals surface area contributed by atoms with Crippen molar-refractivity contribution in [3.63, 3.8) is 0 Å². The van der Waals surface area contributed by atoms with Crippen LogP contribution in [0.1, 0.15) is 16.1 Å². The Morgan fingerprint density at radius 1 is 1.44 bits per heavy atom. The fourth-order valence-electron chi connectivity index (χ4n) is 1.65. The van der Waals surface area contributed by atoms with E-state index in [2.05, 4.69) is 9.97 Å². The minimum Gasteiger partial charge on any atom is -0.496 e. The summed E-state index contributed by atoms with van der Waals surface area (Å²) in [4.78, 5) is 17.7. The first kappa shape index (κ1) is 10.4. The second-order valence-electron chi connectivity index (χ2n) is 3.47. The third kappa shape index (κ3) is 1.69. The molecule has 1 aromatic carbocycles. The van der Waals surface area contributed by atoms with E-state index in [1.165, 1.54) is 6.33 Å². The van der Waals surface area contributed by atoms with E-state index in [1.807, 2.05) is 25.1 Å². The molecule has 0 aliphatic rings. The summed E-state index contributed by atoms with van der Waals surface area (Å²) < 4.78 is 5.18. The van der Waals surface area contributed by atoms with Crippen molar-refractivity contribution in [3.05, 3.63) is 35.8 Å². The number of H-pyrrole nitrogens is 1. The number of aldehydes is 1. The Hall–Kier alpha value is -2.10. The lowest BCUT2D eigenvalue weighted by Gasteiger charge is -2.06. The third-order valence-electron chi connectivity index (χ3n) is 2.45. The summed E-state index contributed by atoms with van der Waals surface area (Å²) in [5.41, 5.74) is 3.08. The highest BCUT2D eigenvalue weighted by Crippen LogP contribution is 2.25. The van der Waals surface area contributed by atoms with Gasteiger partial charge in [-0.25, -0.2) is 4.98 Å². The van der Waals surface area contributed by atoms with Crippen molar-refractivity contribution in [1.82, 2.24) is 9.97 Å². The Balaban J connectivity index is 2.49. The van der Waals surface area contributed by atoms with E-state index in [0.29, 0.717) is 11.4 Å². The summed E-state index contributed by atoms with van der Waals surface area (Å²) in [6.07, 6.45) is 2.28. The van der Waals surface area contributed by atoms with Crippen molar-refractivity contribution >= 4 is 6.29 Å². The van der Waals surface area contributed by atoms with Crippen LogP contribution in [0, 0.1) is 6.92 Å². The Morgan fingerprint density at radius 2 is 2.25 bits per heavy atom. The first-order valence-corrected chi connectivity index (χ1v) is 4.90. The maximum Gasteiger partial charge on any atom is 0.168 e. The summed E-state index contributed by atoms with van der Waals surface area (Å²) in [6, 6.07) is 5.70. The van der Waals surface area contributed by atoms with Crippen molar-refractivity contribution in [1.29, 1.82) is 0 Å². The van der Waals surface area contributed by atoms with Gasteiger partial charge in [0.2, 0.25) is 0 Å². The van der Waals surface area contributed by atoms with Crippen LogP contribution in [-0.2, 0) is 0 Å². The maximum absolute atomic E-state index is 10.8. The van der Waals surface area contributed by atoms with E-state index < -0.39 is 0 Å². The van der Waals surface area contributed by atoms with E-state index in [0.717, 1.165) is 23.2 Å². The molecular weight excluding hydrogens is 204 g/mol. The number of nitrogens with one attached hydrogen (secondary N) is 1. The van der Waals surface area contributed by atoms with Gasteiger partial charge in [0.1, 0.15) is 11.4 Å². The van der Waals surface area contributed by atoms with Crippen molar-refractivity contribution in [2.24, 2.45) is 0 Å². The zero-order valence-electron chi connectivity index (χ0n) is 9.15. The summed E-state index contributed by atoms with van der Waals surface area (Å²) in [5, 5.41) is 0. The minimum absolute atomic E-state index is 0.490. The average Bonchev–Trinajstić information content (AvgIpc) is 2.77. The van der Waals surface area contributed by atoms with Crippen LogP contribution in [0.15, 0.2) is 24.5 Å². The smallest absolute Gasteiger partial charge is 0.168 e. The maximum atomic E-state index is 10.8. The first-order chi connectivity index (χ1) is 7.76. The van der Waals surface area contributed by atoms with Crippen LogP contribution in [0.4, 0.5) is 0 Å². The highest BCUT2D eigenvalue weighted by molar-refractivity contribution is 5.83. The van der Waals surface area contributed by atoms with Crippen LogP contribution < -0.4 is 4.74 Å². The summed E-state index contributed by atoms with van der Waals surface area (Å²) in [6.45, 7) is 1.95. The largest absolute Gasteiger partial charge is 0.496 e. The third-order valence-corrected chi connectivity index (χ3v) is 2.45. The van der Waals surface area contributed by atoms with E-state index in [1.54, 1.807) is 7.11 Å².